The fourth-order valence-electron chi connectivity index (χ4n) is 2.00. The smallest absolute Gasteiger partial charge is 0.318 e. The molecule has 0 aliphatic rings. The minimum Gasteiger partial charge on any atom is -0.318 e. The molecule has 2 heterocycles. The highest BCUT2D eigenvalue weighted by Crippen LogP contribution is 2.34. The molecule has 3 rings (SSSR count). The maximum atomic E-state index is 12.7. The van der Waals surface area contributed by atoms with Gasteiger partial charge in [-0.05, 0) is 18.2 Å². The van der Waals surface area contributed by atoms with Crippen LogP contribution in [0.2, 0.25) is 0 Å². The van der Waals surface area contributed by atoms with E-state index in [1.165, 1.54) is 17.4 Å². The van der Waals surface area contributed by atoms with Gasteiger partial charge in [0.1, 0.15) is 5.01 Å². The van der Waals surface area contributed by atoms with Crippen LogP contribution in [0.3, 0.4) is 0 Å². The van der Waals surface area contributed by atoms with Gasteiger partial charge in [0.15, 0.2) is 0 Å². The van der Waals surface area contributed by atoms with E-state index in [4.69, 9.17) is 5.73 Å². The Morgan fingerprint density at radius 1 is 1.33 bits per heavy atom. The lowest BCUT2D eigenvalue weighted by Crippen LogP contribution is -2.10. The topological polar surface area (TPSA) is 56.7 Å². The molecule has 4 nitrogen and oxygen atoms in total. The molecule has 1 unspecified atom stereocenters. The van der Waals surface area contributed by atoms with Crippen LogP contribution in [0.15, 0.2) is 30.6 Å². The third-order valence-electron chi connectivity index (χ3n) is 3.08. The summed E-state index contributed by atoms with van der Waals surface area (Å²) in [6.45, 7) is 0. The van der Waals surface area contributed by atoms with Crippen molar-refractivity contribution in [3.8, 4) is 0 Å². The molecule has 0 saturated carbocycles. The van der Waals surface area contributed by atoms with Gasteiger partial charge in [-0.15, -0.1) is 11.3 Å². The maximum absolute atomic E-state index is 12.7. The Hall–Kier alpha value is -1.93. The molecular weight excluding hydrogens is 301 g/mol. The molecule has 0 bridgehead atoms. The van der Waals surface area contributed by atoms with Crippen LogP contribution in [-0.2, 0) is 13.2 Å². The van der Waals surface area contributed by atoms with Crippen molar-refractivity contribution >= 4 is 21.6 Å². The summed E-state index contributed by atoms with van der Waals surface area (Å²) in [6.07, 6.45) is -0.987. The van der Waals surface area contributed by atoms with Gasteiger partial charge >= 0.3 is 6.18 Å². The van der Waals surface area contributed by atoms with E-state index >= 15 is 0 Å². The number of hydrogen-bond acceptors (Lipinski definition) is 4. The number of hydrogen-bond donors (Lipinski definition) is 1. The second-order valence-corrected chi connectivity index (χ2v) is 5.72. The zero-order valence-electron chi connectivity index (χ0n) is 10.9. The van der Waals surface area contributed by atoms with Gasteiger partial charge in [-0.3, -0.25) is 4.68 Å². The fourth-order valence-corrected chi connectivity index (χ4v) is 2.98. The normalized spacial score (nSPS) is 13.8. The van der Waals surface area contributed by atoms with Crippen molar-refractivity contribution in [3.05, 3.63) is 46.7 Å². The molecule has 0 saturated heterocycles. The zero-order chi connectivity index (χ0) is 15.2. The number of nitrogens with zero attached hydrogens (tertiary/aromatic N) is 3. The van der Waals surface area contributed by atoms with Gasteiger partial charge in [-0.2, -0.15) is 18.3 Å². The van der Waals surface area contributed by atoms with E-state index < -0.39 is 17.8 Å². The quantitative estimate of drug-likeness (QED) is 0.791. The van der Waals surface area contributed by atoms with Crippen LogP contribution < -0.4 is 5.73 Å². The van der Waals surface area contributed by atoms with Crippen molar-refractivity contribution < 1.29 is 13.2 Å². The molecule has 0 aliphatic carbocycles. The Morgan fingerprint density at radius 2 is 2.10 bits per heavy atom. The average molecular weight is 312 g/mol. The molecule has 110 valence electrons. The van der Waals surface area contributed by atoms with E-state index in [1.54, 1.807) is 24.1 Å². The molecule has 0 aliphatic heterocycles. The molecule has 3 aromatic rings. The van der Waals surface area contributed by atoms with Crippen LogP contribution in [0.4, 0.5) is 13.2 Å². The van der Waals surface area contributed by atoms with Crippen LogP contribution in [0, 0.1) is 0 Å². The number of aryl methyl sites for hydroxylation is 1. The number of benzene rings is 1. The lowest BCUT2D eigenvalue weighted by atomic mass is 10.2. The Labute approximate surface area is 122 Å². The molecule has 2 aromatic heterocycles. The van der Waals surface area contributed by atoms with Gasteiger partial charge < -0.3 is 5.73 Å². The molecule has 0 spiro atoms. The third-order valence-corrected chi connectivity index (χ3v) is 4.20. The monoisotopic (exact) mass is 312 g/mol. The SMILES string of the molecule is Cn1cc(C(N)c2nc3cc(C(F)(F)F)ccc3s2)cn1. The van der Waals surface area contributed by atoms with E-state index in [0.29, 0.717) is 15.2 Å². The average Bonchev–Trinajstić information content (AvgIpc) is 3.01. The number of rotatable bonds is 2. The Bertz CT molecular complexity index is 790. The summed E-state index contributed by atoms with van der Waals surface area (Å²) < 4.78 is 40.4. The van der Waals surface area contributed by atoms with Crippen molar-refractivity contribution in [1.82, 2.24) is 14.8 Å². The predicted molar refractivity (Wildman–Crippen MR) is 73.9 cm³/mol. The van der Waals surface area contributed by atoms with Crippen molar-refractivity contribution in [1.29, 1.82) is 0 Å². The van der Waals surface area contributed by atoms with Crippen LogP contribution in [0.5, 0.6) is 0 Å². The van der Waals surface area contributed by atoms with Crippen molar-refractivity contribution in [3.63, 3.8) is 0 Å². The molecule has 0 amide bonds. The molecule has 1 aromatic carbocycles. The largest absolute Gasteiger partial charge is 0.416 e. The van der Waals surface area contributed by atoms with E-state index in [1.807, 2.05) is 0 Å². The summed E-state index contributed by atoms with van der Waals surface area (Å²) in [6, 6.07) is 3.03. The second kappa shape index (κ2) is 4.81. The van der Waals surface area contributed by atoms with Crippen LogP contribution in [0.1, 0.15) is 22.2 Å². The summed E-state index contributed by atoms with van der Waals surface area (Å²) in [7, 11) is 1.77. The van der Waals surface area contributed by atoms with Crippen molar-refractivity contribution in [2.75, 3.05) is 0 Å². The highest BCUT2D eigenvalue weighted by molar-refractivity contribution is 7.18. The molecule has 2 N–H and O–H groups in total. The van der Waals surface area contributed by atoms with E-state index in [2.05, 4.69) is 10.1 Å². The molecule has 0 fully saturated rings. The summed E-state index contributed by atoms with van der Waals surface area (Å²) in [4.78, 5) is 4.23. The summed E-state index contributed by atoms with van der Waals surface area (Å²) >= 11 is 1.29. The second-order valence-electron chi connectivity index (χ2n) is 4.66. The molecule has 1 atom stereocenters. The van der Waals surface area contributed by atoms with Crippen LogP contribution in [-0.4, -0.2) is 14.8 Å². The molecule has 8 heteroatoms. The molecule has 0 radical (unpaired) electrons. The number of alkyl halides is 3. The van der Waals surface area contributed by atoms with E-state index in [-0.39, 0.29) is 0 Å². The summed E-state index contributed by atoms with van der Waals surface area (Å²) in [5, 5.41) is 4.60. The third kappa shape index (κ3) is 2.64. The first-order valence-corrected chi connectivity index (χ1v) is 6.88. The molecule has 21 heavy (non-hydrogen) atoms. The summed E-state index contributed by atoms with van der Waals surface area (Å²) in [5.41, 5.74) is 6.46. The van der Waals surface area contributed by atoms with Crippen LogP contribution in [0.25, 0.3) is 10.2 Å². The number of aromatic nitrogens is 3. The fraction of sp³-hybridized carbons (Fsp3) is 0.231. The van der Waals surface area contributed by atoms with Gasteiger partial charge in [-0.1, -0.05) is 0 Å². The standard InChI is InChI=1S/C13H11F3N4S/c1-20-6-7(5-18-20)11(17)12-19-9-4-8(13(14,15)16)2-3-10(9)21-12/h2-6,11H,17H2,1H3. The number of thiazole rings is 1. The van der Waals surface area contributed by atoms with Gasteiger partial charge in [0.2, 0.25) is 0 Å². The minimum absolute atomic E-state index is 0.309. The van der Waals surface area contributed by atoms with E-state index in [9.17, 15) is 13.2 Å². The Balaban J connectivity index is 2.01. The predicted octanol–water partition coefficient (Wildman–Crippen LogP) is 3.10. The lowest BCUT2D eigenvalue weighted by molar-refractivity contribution is -0.137. The lowest BCUT2D eigenvalue weighted by Gasteiger charge is -2.05. The highest BCUT2D eigenvalue weighted by atomic mass is 32.1. The van der Waals surface area contributed by atoms with Gasteiger partial charge in [0.25, 0.3) is 0 Å². The summed E-state index contributed by atoms with van der Waals surface area (Å²) in [5.74, 6) is 0. The highest BCUT2D eigenvalue weighted by Gasteiger charge is 2.31. The van der Waals surface area contributed by atoms with Gasteiger partial charge in [-0.25, -0.2) is 4.98 Å². The number of halogens is 3. The first-order chi connectivity index (χ1) is 9.84. The Morgan fingerprint density at radius 3 is 2.71 bits per heavy atom. The van der Waals surface area contributed by atoms with Crippen LogP contribution >= 0.6 is 11.3 Å². The Kier molecular flexibility index (Phi) is 3.22. The minimum atomic E-state index is -4.37. The molecular formula is C13H11F3N4S. The van der Waals surface area contributed by atoms with Crippen molar-refractivity contribution in [2.45, 2.75) is 12.2 Å². The number of fused-ring (bicyclic) bond motifs is 1. The van der Waals surface area contributed by atoms with Gasteiger partial charge in [0.05, 0.1) is 28.0 Å². The first kappa shape index (κ1) is 14.0. The first-order valence-electron chi connectivity index (χ1n) is 6.06. The van der Waals surface area contributed by atoms with E-state index in [0.717, 1.165) is 17.7 Å². The van der Waals surface area contributed by atoms with Gasteiger partial charge in [0, 0.05) is 18.8 Å². The number of nitrogens with two attached hydrogens (primary N) is 1. The zero-order valence-corrected chi connectivity index (χ0v) is 11.7. The van der Waals surface area contributed by atoms with Crippen molar-refractivity contribution in [2.24, 2.45) is 12.8 Å². The maximum Gasteiger partial charge on any atom is 0.416 e.